The summed E-state index contributed by atoms with van der Waals surface area (Å²) in [5.74, 6) is 0.902. The molecule has 0 aliphatic rings. The van der Waals surface area contributed by atoms with Crippen LogP contribution in [0.1, 0.15) is 38.3 Å². The minimum Gasteiger partial charge on any atom is -0.497 e. The number of rotatable bonds is 8. The molecule has 0 aliphatic heterocycles. The van der Waals surface area contributed by atoms with Crippen LogP contribution in [0.3, 0.4) is 0 Å². The highest BCUT2D eigenvalue weighted by Crippen LogP contribution is 2.23. The van der Waals surface area contributed by atoms with Gasteiger partial charge >= 0.3 is 0 Å². The molecule has 0 fully saturated rings. The molecule has 2 aromatic carbocycles. The summed E-state index contributed by atoms with van der Waals surface area (Å²) in [6.07, 6.45) is 1.39. The predicted octanol–water partition coefficient (Wildman–Crippen LogP) is 4.15. The summed E-state index contributed by atoms with van der Waals surface area (Å²) >= 11 is 0. The molecule has 0 atom stereocenters. The first-order valence-corrected chi connectivity index (χ1v) is 9.12. The maximum Gasteiger partial charge on any atom is 0.225 e. The van der Waals surface area contributed by atoms with Crippen molar-refractivity contribution in [3.63, 3.8) is 0 Å². The molecule has 4 nitrogen and oxygen atoms in total. The van der Waals surface area contributed by atoms with Crippen LogP contribution in [0.15, 0.2) is 48.5 Å². The molecule has 1 amide bonds. The van der Waals surface area contributed by atoms with Crippen molar-refractivity contribution in [2.24, 2.45) is 0 Å². The second-order valence-corrected chi connectivity index (χ2v) is 7.47. The molecule has 0 radical (unpaired) electrons. The van der Waals surface area contributed by atoms with Crippen LogP contribution in [0.5, 0.6) is 5.75 Å². The maximum atomic E-state index is 12.0. The van der Waals surface area contributed by atoms with E-state index in [4.69, 9.17) is 4.74 Å². The van der Waals surface area contributed by atoms with Crippen LogP contribution in [-0.4, -0.2) is 26.1 Å². The normalized spacial score (nSPS) is 11.2. The van der Waals surface area contributed by atoms with Crippen molar-refractivity contribution >= 4 is 11.6 Å². The fourth-order valence-corrected chi connectivity index (χ4v) is 2.63. The number of anilines is 1. The van der Waals surface area contributed by atoms with Gasteiger partial charge in [0.05, 0.1) is 7.11 Å². The third-order valence-electron chi connectivity index (χ3n) is 4.31. The lowest BCUT2D eigenvalue weighted by Crippen LogP contribution is -2.23. The van der Waals surface area contributed by atoms with Gasteiger partial charge in [0.15, 0.2) is 0 Å². The summed E-state index contributed by atoms with van der Waals surface area (Å²) in [5, 5.41) is 6.27. The number of nitrogens with one attached hydrogen (secondary N) is 2. The molecular formula is C22H30N2O2. The van der Waals surface area contributed by atoms with Crippen LogP contribution >= 0.6 is 0 Å². The van der Waals surface area contributed by atoms with E-state index in [1.54, 1.807) is 7.11 Å². The summed E-state index contributed by atoms with van der Waals surface area (Å²) in [7, 11) is 1.67. The van der Waals surface area contributed by atoms with Crippen molar-refractivity contribution in [1.82, 2.24) is 5.32 Å². The quantitative estimate of drug-likeness (QED) is 0.700. The van der Waals surface area contributed by atoms with E-state index in [1.807, 2.05) is 24.3 Å². The third-order valence-corrected chi connectivity index (χ3v) is 4.31. The lowest BCUT2D eigenvalue weighted by Gasteiger charge is -2.19. The molecule has 2 N–H and O–H groups in total. The Morgan fingerprint density at radius 2 is 1.62 bits per heavy atom. The fraction of sp³-hybridized carbons (Fsp3) is 0.409. The minimum absolute atomic E-state index is 0.0328. The van der Waals surface area contributed by atoms with Crippen LogP contribution in [-0.2, 0) is 16.6 Å². The summed E-state index contributed by atoms with van der Waals surface area (Å²) in [4.78, 5) is 12.0. The zero-order valence-electron chi connectivity index (χ0n) is 16.3. The van der Waals surface area contributed by atoms with Gasteiger partial charge < -0.3 is 15.4 Å². The summed E-state index contributed by atoms with van der Waals surface area (Å²) in [6, 6.07) is 16.1. The summed E-state index contributed by atoms with van der Waals surface area (Å²) in [6.45, 7) is 8.05. The Hall–Kier alpha value is -2.33. The Bertz CT molecular complexity index is 686. The Kier molecular flexibility index (Phi) is 7.22. The molecule has 0 spiro atoms. The average molecular weight is 354 g/mol. The lowest BCUT2D eigenvalue weighted by atomic mass is 9.87. The van der Waals surface area contributed by atoms with E-state index in [1.165, 1.54) is 11.1 Å². The van der Waals surface area contributed by atoms with E-state index in [0.717, 1.165) is 24.4 Å². The molecule has 0 saturated carbocycles. The molecule has 140 valence electrons. The monoisotopic (exact) mass is 354 g/mol. The highest BCUT2D eigenvalue weighted by atomic mass is 16.5. The van der Waals surface area contributed by atoms with Gasteiger partial charge in [-0.3, -0.25) is 4.79 Å². The number of ether oxygens (including phenoxy) is 1. The number of carbonyl (C=O) groups is 1. The Morgan fingerprint density at radius 3 is 2.19 bits per heavy atom. The summed E-state index contributed by atoms with van der Waals surface area (Å²) < 4.78 is 5.15. The number of amides is 1. The molecular weight excluding hydrogens is 324 g/mol. The Balaban J connectivity index is 1.65. The van der Waals surface area contributed by atoms with Crippen molar-refractivity contribution < 1.29 is 9.53 Å². The highest BCUT2D eigenvalue weighted by Gasteiger charge is 2.13. The fourth-order valence-electron chi connectivity index (χ4n) is 2.63. The number of hydrogen-bond donors (Lipinski definition) is 2. The van der Waals surface area contributed by atoms with E-state index in [-0.39, 0.29) is 11.3 Å². The van der Waals surface area contributed by atoms with E-state index < -0.39 is 0 Å². The van der Waals surface area contributed by atoms with Gasteiger partial charge in [0.1, 0.15) is 5.75 Å². The van der Waals surface area contributed by atoms with Gasteiger partial charge in [-0.15, -0.1) is 0 Å². The zero-order valence-corrected chi connectivity index (χ0v) is 16.3. The predicted molar refractivity (Wildman–Crippen MR) is 108 cm³/mol. The topological polar surface area (TPSA) is 50.4 Å². The second kappa shape index (κ2) is 9.39. The van der Waals surface area contributed by atoms with Gasteiger partial charge in [-0.05, 0) is 53.8 Å². The second-order valence-electron chi connectivity index (χ2n) is 7.47. The molecule has 0 heterocycles. The lowest BCUT2D eigenvalue weighted by molar-refractivity contribution is -0.116. The molecule has 0 saturated heterocycles. The standard InChI is InChI=1S/C22H30N2O2/c1-22(2,3)18-7-9-19(10-8-18)24-21(25)14-16-23-15-13-17-5-11-20(26-4)12-6-17/h5-12,23H,13-16H2,1-4H3,(H,24,25). The van der Waals surface area contributed by atoms with Gasteiger partial charge in [-0.1, -0.05) is 45.0 Å². The van der Waals surface area contributed by atoms with E-state index in [2.05, 4.69) is 55.7 Å². The van der Waals surface area contributed by atoms with Gasteiger partial charge in [0.2, 0.25) is 5.91 Å². The largest absolute Gasteiger partial charge is 0.497 e. The van der Waals surface area contributed by atoms with Crippen molar-refractivity contribution in [2.75, 3.05) is 25.5 Å². The van der Waals surface area contributed by atoms with Gasteiger partial charge in [-0.25, -0.2) is 0 Å². The van der Waals surface area contributed by atoms with E-state index in [9.17, 15) is 4.79 Å². The first-order chi connectivity index (χ1) is 12.4. The Labute approximate surface area is 157 Å². The molecule has 26 heavy (non-hydrogen) atoms. The smallest absolute Gasteiger partial charge is 0.225 e. The molecule has 0 unspecified atom stereocenters. The first kappa shape index (κ1) is 20.0. The van der Waals surface area contributed by atoms with E-state index >= 15 is 0 Å². The van der Waals surface area contributed by atoms with Crippen molar-refractivity contribution in [2.45, 2.75) is 39.0 Å². The number of methoxy groups -OCH3 is 1. The minimum atomic E-state index is 0.0328. The average Bonchev–Trinajstić information content (AvgIpc) is 2.61. The molecule has 0 aliphatic carbocycles. The third kappa shape index (κ3) is 6.52. The number of benzene rings is 2. The SMILES string of the molecule is COc1ccc(CCNCCC(=O)Nc2ccc(C(C)(C)C)cc2)cc1. The van der Waals surface area contributed by atoms with Crippen LogP contribution < -0.4 is 15.4 Å². The van der Waals surface area contributed by atoms with Gasteiger partial charge in [-0.2, -0.15) is 0 Å². The van der Waals surface area contributed by atoms with Crippen LogP contribution in [0.2, 0.25) is 0 Å². The van der Waals surface area contributed by atoms with Crippen molar-refractivity contribution in [3.8, 4) is 5.75 Å². The number of carbonyl (C=O) groups excluding carboxylic acids is 1. The van der Waals surface area contributed by atoms with Crippen LogP contribution in [0.25, 0.3) is 0 Å². The molecule has 2 aromatic rings. The molecule has 0 bridgehead atoms. The maximum absolute atomic E-state index is 12.0. The van der Waals surface area contributed by atoms with Crippen LogP contribution in [0, 0.1) is 0 Å². The van der Waals surface area contributed by atoms with Crippen LogP contribution in [0.4, 0.5) is 5.69 Å². The number of hydrogen-bond acceptors (Lipinski definition) is 3. The first-order valence-electron chi connectivity index (χ1n) is 9.12. The zero-order chi connectivity index (χ0) is 19.0. The molecule has 4 heteroatoms. The van der Waals surface area contributed by atoms with Crippen molar-refractivity contribution in [1.29, 1.82) is 0 Å². The highest BCUT2D eigenvalue weighted by molar-refractivity contribution is 5.90. The van der Waals surface area contributed by atoms with Crippen molar-refractivity contribution in [3.05, 3.63) is 59.7 Å². The van der Waals surface area contributed by atoms with Gasteiger partial charge in [0.25, 0.3) is 0 Å². The van der Waals surface area contributed by atoms with Gasteiger partial charge in [0, 0.05) is 18.7 Å². The molecule has 0 aromatic heterocycles. The Morgan fingerprint density at radius 1 is 0.962 bits per heavy atom. The molecule has 2 rings (SSSR count). The van der Waals surface area contributed by atoms with E-state index in [0.29, 0.717) is 13.0 Å². The summed E-state index contributed by atoms with van der Waals surface area (Å²) in [5.41, 5.74) is 3.48.